The second-order valence-corrected chi connectivity index (χ2v) is 11.8. The van der Waals surface area contributed by atoms with Crippen molar-refractivity contribution in [2.24, 2.45) is 0 Å². The van der Waals surface area contributed by atoms with E-state index in [0.29, 0.717) is 0 Å². The Kier molecular flexibility index (Phi) is 6.51. The minimum absolute atomic E-state index is 0.746. The molecule has 0 N–H and O–H groups in total. The molecule has 0 saturated carbocycles. The van der Waals surface area contributed by atoms with Crippen LogP contribution in [-0.2, 0) is 0 Å². The van der Waals surface area contributed by atoms with Crippen LogP contribution in [0.1, 0.15) is 5.56 Å². The smallest absolute Gasteiger partial charge is 0.148 e. The molecule has 7 aromatic rings. The molecule has 44 heavy (non-hydrogen) atoms. The van der Waals surface area contributed by atoms with Gasteiger partial charge in [0.25, 0.3) is 0 Å². The number of aromatic nitrogens is 3. The average molecular weight is 585 g/mol. The first-order valence-corrected chi connectivity index (χ1v) is 15.5. The third kappa shape index (κ3) is 4.55. The van der Waals surface area contributed by atoms with Crippen LogP contribution in [-0.4, -0.2) is 21.3 Å². The molecule has 0 spiro atoms. The summed E-state index contributed by atoms with van der Waals surface area (Å²) in [5.41, 5.74) is 9.92. The van der Waals surface area contributed by atoms with Crippen molar-refractivity contribution >= 4 is 50.1 Å². The molecule has 0 unspecified atom stereocenters. The van der Waals surface area contributed by atoms with Gasteiger partial charge in [-0.1, -0.05) is 109 Å². The van der Waals surface area contributed by atoms with Gasteiger partial charge in [0.05, 0.1) is 11.0 Å². The fourth-order valence-electron chi connectivity index (χ4n) is 6.03. The Bertz CT molecular complexity index is 2220. The van der Waals surface area contributed by atoms with Gasteiger partial charge in [-0.25, -0.2) is 0 Å². The maximum Gasteiger partial charge on any atom is 0.148 e. The van der Waals surface area contributed by atoms with Crippen LogP contribution in [0.2, 0.25) is 0 Å². The lowest BCUT2D eigenvalue weighted by Gasteiger charge is -2.26. The lowest BCUT2D eigenvalue weighted by Crippen LogP contribution is -2.18. The number of benzene rings is 5. The van der Waals surface area contributed by atoms with Crippen molar-refractivity contribution in [1.29, 1.82) is 0 Å². The number of nitrogens with zero attached hydrogens (tertiary/aromatic N) is 4. The van der Waals surface area contributed by atoms with Crippen molar-refractivity contribution in [3.8, 4) is 26.8 Å². The van der Waals surface area contributed by atoms with E-state index in [9.17, 15) is 0 Å². The number of anilines is 2. The Morgan fingerprint density at radius 1 is 0.614 bits per heavy atom. The van der Waals surface area contributed by atoms with Crippen molar-refractivity contribution < 1.29 is 0 Å². The summed E-state index contributed by atoms with van der Waals surface area (Å²) in [6.07, 6.45) is 8.38. The summed E-state index contributed by atoms with van der Waals surface area (Å²) < 4.78 is 2.33. The van der Waals surface area contributed by atoms with E-state index in [1.165, 1.54) is 21.8 Å². The number of hydrogen-bond donors (Lipinski definition) is 0. The molecule has 8 rings (SSSR count). The molecule has 0 bridgehead atoms. The number of rotatable bonds is 4. The predicted molar refractivity (Wildman–Crippen MR) is 186 cm³/mol. The second kappa shape index (κ2) is 11.0. The van der Waals surface area contributed by atoms with E-state index < -0.39 is 0 Å². The van der Waals surface area contributed by atoms with Gasteiger partial charge < -0.3 is 9.47 Å². The third-order valence-corrected chi connectivity index (χ3v) is 9.16. The molecular weight excluding hydrogens is 557 g/mol. The minimum atomic E-state index is 0.746. The van der Waals surface area contributed by atoms with Gasteiger partial charge in [0.2, 0.25) is 0 Å². The van der Waals surface area contributed by atoms with Crippen LogP contribution in [0.4, 0.5) is 11.4 Å². The molecule has 0 radical (unpaired) electrons. The summed E-state index contributed by atoms with van der Waals surface area (Å²) >= 11 is 1.62. The molecule has 3 heterocycles. The Balaban J connectivity index is 1.21. The van der Waals surface area contributed by atoms with E-state index >= 15 is 0 Å². The van der Waals surface area contributed by atoms with E-state index in [4.69, 9.17) is 0 Å². The topological polar surface area (TPSA) is 34.0 Å². The molecule has 1 aliphatic rings. The highest BCUT2D eigenvalue weighted by Gasteiger charge is 2.19. The van der Waals surface area contributed by atoms with Crippen LogP contribution in [0.15, 0.2) is 152 Å². The minimum Gasteiger partial charge on any atom is -0.337 e. The molecule has 210 valence electrons. The van der Waals surface area contributed by atoms with E-state index in [1.54, 1.807) is 11.3 Å². The molecule has 2 aromatic heterocycles. The highest BCUT2D eigenvalue weighted by Crippen LogP contribution is 2.40. The summed E-state index contributed by atoms with van der Waals surface area (Å²) in [6, 6.07) is 42.8. The Morgan fingerprint density at radius 3 is 2.07 bits per heavy atom. The zero-order valence-electron chi connectivity index (χ0n) is 24.0. The standard InChI is InChI=1S/C39H28N4S/c1-27-13-5-4-12-24-42(30-14-6-2-7-15-30)37-26-29(20-22-32(27)37)39-41-40-38(44-39)28-21-23-36-34(25-28)33-18-10-11-19-35(33)43(36)31-16-8-3-9-17-31/h2-23,25-26H,1,24H2/b12-4-,13-5-. The van der Waals surface area contributed by atoms with E-state index in [-0.39, 0.29) is 0 Å². The fraction of sp³-hybridized carbons (Fsp3) is 0.0256. The molecule has 5 heteroatoms. The maximum atomic E-state index is 4.68. The summed E-state index contributed by atoms with van der Waals surface area (Å²) in [4.78, 5) is 2.33. The van der Waals surface area contributed by atoms with Crippen LogP contribution < -0.4 is 4.90 Å². The Morgan fingerprint density at radius 2 is 1.27 bits per heavy atom. The quantitative estimate of drug-likeness (QED) is 0.206. The summed E-state index contributed by atoms with van der Waals surface area (Å²) in [5.74, 6) is 0. The van der Waals surface area contributed by atoms with Gasteiger partial charge in [-0.15, -0.1) is 10.2 Å². The van der Waals surface area contributed by atoms with Crippen LogP contribution in [0.5, 0.6) is 0 Å². The molecule has 0 amide bonds. The van der Waals surface area contributed by atoms with Gasteiger partial charge in [-0.3, -0.25) is 0 Å². The van der Waals surface area contributed by atoms with Crippen molar-refractivity contribution in [3.05, 3.63) is 158 Å². The molecule has 4 nitrogen and oxygen atoms in total. The third-order valence-electron chi connectivity index (χ3n) is 8.14. The highest BCUT2D eigenvalue weighted by molar-refractivity contribution is 7.17. The predicted octanol–water partition coefficient (Wildman–Crippen LogP) is 10.2. The van der Waals surface area contributed by atoms with Crippen LogP contribution >= 0.6 is 11.3 Å². The van der Waals surface area contributed by atoms with Crippen molar-refractivity contribution in [3.63, 3.8) is 0 Å². The summed E-state index contributed by atoms with van der Waals surface area (Å²) in [6.45, 7) is 5.11. The van der Waals surface area contributed by atoms with Crippen LogP contribution in [0, 0.1) is 0 Å². The molecule has 0 fully saturated rings. The Hall–Kier alpha value is -5.52. The first-order chi connectivity index (χ1) is 21.7. The van der Waals surface area contributed by atoms with Gasteiger partial charge >= 0.3 is 0 Å². The summed E-state index contributed by atoms with van der Waals surface area (Å²) in [5, 5.41) is 13.6. The van der Waals surface area contributed by atoms with E-state index in [2.05, 4.69) is 166 Å². The maximum absolute atomic E-state index is 4.68. The summed E-state index contributed by atoms with van der Waals surface area (Å²) in [7, 11) is 0. The first kappa shape index (κ1) is 26.1. The normalized spacial score (nSPS) is 14.6. The monoisotopic (exact) mass is 584 g/mol. The number of allylic oxidation sites excluding steroid dienone is 4. The van der Waals surface area contributed by atoms with Crippen molar-refractivity contribution in [2.75, 3.05) is 11.4 Å². The van der Waals surface area contributed by atoms with Gasteiger partial charge in [0.1, 0.15) is 10.0 Å². The van der Waals surface area contributed by atoms with Crippen molar-refractivity contribution in [2.45, 2.75) is 0 Å². The molecule has 5 aromatic carbocycles. The molecule has 0 aliphatic carbocycles. The largest absolute Gasteiger partial charge is 0.337 e. The van der Waals surface area contributed by atoms with E-state index in [0.717, 1.165) is 55.9 Å². The molecule has 1 aliphatic heterocycles. The lowest BCUT2D eigenvalue weighted by molar-refractivity contribution is 1.09. The SMILES string of the molecule is C=C1/C=C\C=C/CN(c2ccccc2)c2cc(-c3nnc(-c4ccc5c(c4)c4ccccc4n5-c4ccccc4)s3)ccc21. The first-order valence-electron chi connectivity index (χ1n) is 14.7. The average Bonchev–Trinajstić information content (AvgIpc) is 3.71. The van der Waals surface area contributed by atoms with Gasteiger partial charge in [0, 0.05) is 51.1 Å². The van der Waals surface area contributed by atoms with E-state index in [1.807, 2.05) is 6.07 Å². The molecular formula is C39H28N4S. The molecule has 0 atom stereocenters. The number of fused-ring (bicyclic) bond motifs is 4. The van der Waals surface area contributed by atoms with Gasteiger partial charge in [-0.05, 0) is 60.2 Å². The lowest BCUT2D eigenvalue weighted by atomic mass is 10.0. The van der Waals surface area contributed by atoms with Crippen LogP contribution in [0.3, 0.4) is 0 Å². The second-order valence-electron chi connectivity index (χ2n) is 10.8. The van der Waals surface area contributed by atoms with Crippen molar-refractivity contribution in [1.82, 2.24) is 14.8 Å². The van der Waals surface area contributed by atoms with Crippen LogP contribution in [0.25, 0.3) is 54.2 Å². The number of hydrogen-bond acceptors (Lipinski definition) is 4. The number of para-hydroxylation sites is 3. The van der Waals surface area contributed by atoms with Gasteiger partial charge in [0.15, 0.2) is 0 Å². The zero-order valence-corrected chi connectivity index (χ0v) is 24.8. The Labute approximate surface area is 260 Å². The molecule has 0 saturated heterocycles. The highest BCUT2D eigenvalue weighted by atomic mass is 32.1. The fourth-order valence-corrected chi connectivity index (χ4v) is 6.87. The van der Waals surface area contributed by atoms with Gasteiger partial charge in [-0.2, -0.15) is 0 Å². The zero-order chi connectivity index (χ0) is 29.5.